The number of tetrazole rings is 1. The summed E-state index contributed by atoms with van der Waals surface area (Å²) in [4.78, 5) is 16.4. The molecule has 2 N–H and O–H groups in total. The molecule has 8 nitrogen and oxygen atoms in total. The zero-order chi connectivity index (χ0) is 16.6. The van der Waals surface area contributed by atoms with Crippen LogP contribution in [0.5, 0.6) is 0 Å². The smallest absolute Gasteiger partial charge is 0.251 e. The van der Waals surface area contributed by atoms with Crippen LogP contribution in [-0.2, 0) is 0 Å². The number of amides is 1. The van der Waals surface area contributed by atoms with Gasteiger partial charge in [-0.15, -0.1) is 5.10 Å². The Morgan fingerprint density at radius 1 is 1.12 bits per heavy atom. The number of nitrogens with one attached hydrogen (secondary N) is 2. The van der Waals surface area contributed by atoms with E-state index in [1.54, 1.807) is 24.4 Å². The van der Waals surface area contributed by atoms with E-state index in [4.69, 9.17) is 0 Å². The van der Waals surface area contributed by atoms with Gasteiger partial charge in [0.15, 0.2) is 0 Å². The van der Waals surface area contributed by atoms with Crippen molar-refractivity contribution in [1.29, 1.82) is 0 Å². The van der Waals surface area contributed by atoms with Gasteiger partial charge in [0.05, 0.1) is 5.69 Å². The Morgan fingerprint density at radius 2 is 2.08 bits per heavy atom. The maximum atomic E-state index is 12.2. The molecule has 0 saturated heterocycles. The maximum absolute atomic E-state index is 12.2. The number of anilines is 1. The average molecular weight is 323 g/mol. The molecule has 0 aliphatic rings. The highest BCUT2D eigenvalue weighted by atomic mass is 16.1. The van der Waals surface area contributed by atoms with Crippen molar-refractivity contribution >= 4 is 11.7 Å². The number of hydrogen-bond donors (Lipinski definition) is 2. The summed E-state index contributed by atoms with van der Waals surface area (Å²) < 4.78 is 1.51. The minimum atomic E-state index is -0.122. The molecule has 2 heterocycles. The van der Waals surface area contributed by atoms with Gasteiger partial charge in [0.25, 0.3) is 5.91 Å². The Kier molecular flexibility index (Phi) is 5.08. The van der Waals surface area contributed by atoms with Crippen LogP contribution in [0.25, 0.3) is 5.69 Å². The van der Waals surface area contributed by atoms with Crippen molar-refractivity contribution < 1.29 is 4.79 Å². The van der Waals surface area contributed by atoms with E-state index in [9.17, 15) is 4.79 Å². The van der Waals surface area contributed by atoms with E-state index in [-0.39, 0.29) is 5.91 Å². The lowest BCUT2D eigenvalue weighted by Crippen LogP contribution is -2.26. The molecule has 0 saturated carbocycles. The maximum Gasteiger partial charge on any atom is 0.251 e. The molecular weight excluding hydrogens is 306 g/mol. The first-order valence-electron chi connectivity index (χ1n) is 7.59. The van der Waals surface area contributed by atoms with Crippen LogP contribution in [0.15, 0.2) is 55.0 Å². The van der Waals surface area contributed by atoms with Gasteiger partial charge in [-0.3, -0.25) is 4.79 Å². The first-order valence-corrected chi connectivity index (χ1v) is 7.59. The monoisotopic (exact) mass is 323 g/mol. The van der Waals surface area contributed by atoms with E-state index < -0.39 is 0 Å². The molecule has 0 aliphatic heterocycles. The van der Waals surface area contributed by atoms with Crippen molar-refractivity contribution in [2.75, 3.05) is 18.4 Å². The predicted octanol–water partition coefficient (Wildman–Crippen LogP) is 1.29. The van der Waals surface area contributed by atoms with Gasteiger partial charge in [0.2, 0.25) is 0 Å². The summed E-state index contributed by atoms with van der Waals surface area (Å²) in [6.45, 7) is 1.32. The highest BCUT2D eigenvalue weighted by molar-refractivity contribution is 5.94. The number of pyridine rings is 1. The quantitative estimate of drug-likeness (QED) is 0.636. The number of hydrogen-bond acceptors (Lipinski definition) is 6. The van der Waals surface area contributed by atoms with Crippen LogP contribution >= 0.6 is 0 Å². The molecule has 122 valence electrons. The lowest BCUT2D eigenvalue weighted by Gasteiger charge is -2.08. The normalized spacial score (nSPS) is 10.3. The number of carbonyl (C=O) groups is 1. The Bertz CT molecular complexity index is 774. The Balaban J connectivity index is 1.46. The van der Waals surface area contributed by atoms with Gasteiger partial charge in [-0.25, -0.2) is 9.67 Å². The third-order valence-electron chi connectivity index (χ3n) is 3.33. The highest BCUT2D eigenvalue weighted by Crippen LogP contribution is 2.08. The van der Waals surface area contributed by atoms with E-state index in [2.05, 4.69) is 31.1 Å². The van der Waals surface area contributed by atoms with Crippen LogP contribution < -0.4 is 10.6 Å². The summed E-state index contributed by atoms with van der Waals surface area (Å²) in [5, 5.41) is 17.1. The fourth-order valence-electron chi connectivity index (χ4n) is 2.15. The molecule has 2 aromatic heterocycles. The van der Waals surface area contributed by atoms with Crippen molar-refractivity contribution in [1.82, 2.24) is 30.5 Å². The topological polar surface area (TPSA) is 97.6 Å². The molecule has 24 heavy (non-hydrogen) atoms. The van der Waals surface area contributed by atoms with E-state index >= 15 is 0 Å². The van der Waals surface area contributed by atoms with Crippen LogP contribution in [0, 0.1) is 0 Å². The van der Waals surface area contributed by atoms with Gasteiger partial charge in [-0.1, -0.05) is 12.1 Å². The zero-order valence-corrected chi connectivity index (χ0v) is 13.0. The summed E-state index contributed by atoms with van der Waals surface area (Å²) in [7, 11) is 0. The first kappa shape index (κ1) is 15.6. The number of rotatable bonds is 7. The minimum Gasteiger partial charge on any atom is -0.370 e. The van der Waals surface area contributed by atoms with Crippen LogP contribution in [0.3, 0.4) is 0 Å². The van der Waals surface area contributed by atoms with Crippen LogP contribution in [0.2, 0.25) is 0 Å². The fraction of sp³-hybridized carbons (Fsp3) is 0.188. The van der Waals surface area contributed by atoms with E-state index in [0.29, 0.717) is 12.1 Å². The molecule has 0 radical (unpaired) electrons. The number of nitrogens with zero attached hydrogens (tertiary/aromatic N) is 5. The average Bonchev–Trinajstić information content (AvgIpc) is 3.17. The lowest BCUT2D eigenvalue weighted by atomic mass is 10.2. The van der Waals surface area contributed by atoms with Crippen molar-refractivity contribution in [3.8, 4) is 5.69 Å². The van der Waals surface area contributed by atoms with Crippen LogP contribution in [0.1, 0.15) is 16.8 Å². The predicted molar refractivity (Wildman–Crippen MR) is 88.8 cm³/mol. The second-order valence-corrected chi connectivity index (χ2v) is 5.06. The van der Waals surface area contributed by atoms with Crippen molar-refractivity contribution in [3.05, 3.63) is 60.6 Å². The number of carbonyl (C=O) groups excluding carboxylic acids is 1. The van der Waals surface area contributed by atoms with E-state index in [0.717, 1.165) is 24.5 Å². The van der Waals surface area contributed by atoms with Crippen molar-refractivity contribution in [2.45, 2.75) is 6.42 Å². The molecule has 0 spiro atoms. The molecule has 1 aromatic carbocycles. The zero-order valence-electron chi connectivity index (χ0n) is 13.0. The van der Waals surface area contributed by atoms with Crippen molar-refractivity contribution in [3.63, 3.8) is 0 Å². The number of benzene rings is 1. The van der Waals surface area contributed by atoms with E-state index in [1.165, 1.54) is 11.0 Å². The third kappa shape index (κ3) is 4.13. The van der Waals surface area contributed by atoms with Gasteiger partial charge < -0.3 is 10.6 Å². The Hall–Kier alpha value is -3.29. The highest BCUT2D eigenvalue weighted by Gasteiger charge is 2.07. The summed E-state index contributed by atoms with van der Waals surface area (Å²) in [6, 6.07) is 12.8. The van der Waals surface area contributed by atoms with E-state index in [1.807, 2.05) is 24.3 Å². The Morgan fingerprint density at radius 3 is 2.88 bits per heavy atom. The third-order valence-corrected chi connectivity index (χ3v) is 3.33. The summed E-state index contributed by atoms with van der Waals surface area (Å²) in [5.74, 6) is 0.709. The SMILES string of the molecule is O=C(NCCCNc1ccccn1)c1cccc(-n2cnnn2)c1. The molecule has 3 aromatic rings. The molecule has 8 heteroatoms. The largest absolute Gasteiger partial charge is 0.370 e. The van der Waals surface area contributed by atoms with Gasteiger partial charge in [0, 0.05) is 24.8 Å². The van der Waals surface area contributed by atoms with Gasteiger partial charge in [-0.05, 0) is 47.2 Å². The van der Waals surface area contributed by atoms with Crippen LogP contribution in [0.4, 0.5) is 5.82 Å². The fourth-order valence-corrected chi connectivity index (χ4v) is 2.15. The summed E-state index contributed by atoms with van der Waals surface area (Å²) in [5.41, 5.74) is 1.31. The molecule has 1 amide bonds. The minimum absolute atomic E-state index is 0.122. The van der Waals surface area contributed by atoms with Gasteiger partial charge >= 0.3 is 0 Å². The molecule has 3 rings (SSSR count). The van der Waals surface area contributed by atoms with Crippen LogP contribution in [-0.4, -0.2) is 44.2 Å². The molecule has 0 unspecified atom stereocenters. The van der Waals surface area contributed by atoms with Crippen molar-refractivity contribution in [2.24, 2.45) is 0 Å². The lowest BCUT2D eigenvalue weighted by molar-refractivity contribution is 0.0953. The second-order valence-electron chi connectivity index (χ2n) is 5.06. The standard InChI is InChI=1S/C16H17N7O/c24-16(19-10-4-9-18-15-7-1-2-8-17-15)13-5-3-6-14(11-13)23-12-20-21-22-23/h1-3,5-8,11-12H,4,9-10H2,(H,17,18)(H,19,24). The van der Waals surface area contributed by atoms with Gasteiger partial charge in [0.1, 0.15) is 12.1 Å². The van der Waals surface area contributed by atoms with Gasteiger partial charge in [-0.2, -0.15) is 0 Å². The molecular formula is C16H17N7O. The molecule has 0 bridgehead atoms. The Labute approximate surface area is 138 Å². The summed E-state index contributed by atoms with van der Waals surface area (Å²) >= 11 is 0. The summed E-state index contributed by atoms with van der Waals surface area (Å²) in [6.07, 6.45) is 4.02. The number of aromatic nitrogens is 5. The first-order chi connectivity index (χ1) is 11.8. The molecule has 0 aliphatic carbocycles. The second kappa shape index (κ2) is 7.82. The molecule has 0 atom stereocenters. The molecule has 0 fully saturated rings.